The number of carbonyl (C=O) groups excluding carboxylic acids is 1. The van der Waals surface area contributed by atoms with Crippen LogP contribution in [0.4, 0.5) is 8.78 Å². The number of rotatable bonds is 4. The molecule has 0 bridgehead atoms. The zero-order valence-corrected chi connectivity index (χ0v) is 10.9. The Kier molecular flexibility index (Phi) is 4.86. The van der Waals surface area contributed by atoms with E-state index in [1.54, 1.807) is 6.92 Å². The monoisotopic (exact) mass is 308 g/mol. The number of hydrogen-bond acceptors (Lipinski definition) is 3. The summed E-state index contributed by atoms with van der Waals surface area (Å²) in [6.45, 7) is 3.24. The average molecular weight is 309 g/mol. The van der Waals surface area contributed by atoms with Gasteiger partial charge in [-0.05, 0) is 26.0 Å². The maximum atomic E-state index is 13.3. The molecule has 0 N–H and O–H groups in total. The highest BCUT2D eigenvalue weighted by atomic mass is 79.9. The summed E-state index contributed by atoms with van der Waals surface area (Å²) in [7, 11) is 0. The Bertz CT molecular complexity index is 423. The lowest BCUT2D eigenvalue weighted by Crippen LogP contribution is -2.26. The van der Waals surface area contributed by atoms with Crippen LogP contribution in [0.2, 0.25) is 0 Å². The second kappa shape index (κ2) is 5.95. The van der Waals surface area contributed by atoms with E-state index < -0.39 is 23.7 Å². The molecular weight excluding hydrogens is 298 g/mol. The van der Waals surface area contributed by atoms with Gasteiger partial charge < -0.3 is 9.47 Å². The number of halogens is 3. The zero-order chi connectivity index (χ0) is 13.0. The molecule has 1 aromatic rings. The van der Waals surface area contributed by atoms with Crippen molar-refractivity contribution in [1.82, 2.24) is 0 Å². The molecule has 0 spiro atoms. The Morgan fingerprint density at radius 3 is 2.71 bits per heavy atom. The molecule has 0 saturated carbocycles. The molecule has 0 amide bonds. The average Bonchev–Trinajstić information content (AvgIpc) is 2.25. The Labute approximate surface area is 106 Å². The molecule has 0 aromatic heterocycles. The van der Waals surface area contributed by atoms with Gasteiger partial charge in [-0.2, -0.15) is 4.39 Å². The van der Waals surface area contributed by atoms with Gasteiger partial charge in [-0.3, -0.25) is 0 Å². The number of ether oxygens (including phenoxy) is 2. The molecule has 0 aliphatic carbocycles. The van der Waals surface area contributed by atoms with Gasteiger partial charge in [0.25, 0.3) is 0 Å². The fourth-order valence-corrected chi connectivity index (χ4v) is 1.53. The highest BCUT2D eigenvalue weighted by Gasteiger charge is 2.19. The number of carbonyl (C=O) groups is 1. The summed E-state index contributed by atoms with van der Waals surface area (Å²) in [4.78, 5) is 11.3. The van der Waals surface area contributed by atoms with Crippen molar-refractivity contribution in [1.29, 1.82) is 0 Å². The van der Waals surface area contributed by atoms with E-state index in [9.17, 15) is 13.6 Å². The highest BCUT2D eigenvalue weighted by molar-refractivity contribution is 9.10. The molecule has 0 radical (unpaired) electrons. The summed E-state index contributed by atoms with van der Waals surface area (Å²) in [5, 5.41) is 0. The van der Waals surface area contributed by atoms with E-state index in [-0.39, 0.29) is 12.4 Å². The zero-order valence-electron chi connectivity index (χ0n) is 9.30. The third-order valence-electron chi connectivity index (χ3n) is 1.88. The maximum Gasteiger partial charge on any atom is 0.347 e. The van der Waals surface area contributed by atoms with E-state index in [0.29, 0.717) is 4.47 Å². The summed E-state index contributed by atoms with van der Waals surface area (Å²) >= 11 is 3.00. The summed E-state index contributed by atoms with van der Waals surface area (Å²) in [6, 6.07) is 2.21. The second-order valence-electron chi connectivity index (χ2n) is 3.21. The van der Waals surface area contributed by atoms with Crippen LogP contribution in [-0.2, 0) is 9.53 Å². The Hall–Kier alpha value is -1.17. The predicted octanol–water partition coefficient (Wildman–Crippen LogP) is 3.06. The molecule has 6 heteroatoms. The van der Waals surface area contributed by atoms with Crippen LogP contribution in [0.3, 0.4) is 0 Å². The number of hydrogen-bond donors (Lipinski definition) is 0. The second-order valence-corrected chi connectivity index (χ2v) is 4.13. The summed E-state index contributed by atoms with van der Waals surface area (Å²) < 4.78 is 36.4. The van der Waals surface area contributed by atoms with Crippen molar-refractivity contribution in [3.63, 3.8) is 0 Å². The third kappa shape index (κ3) is 3.66. The van der Waals surface area contributed by atoms with Gasteiger partial charge in [0.1, 0.15) is 0 Å². The van der Waals surface area contributed by atoms with Crippen LogP contribution in [0.15, 0.2) is 16.6 Å². The lowest BCUT2D eigenvalue weighted by Gasteiger charge is -2.14. The van der Waals surface area contributed by atoms with Crippen LogP contribution in [0, 0.1) is 11.6 Å². The van der Waals surface area contributed by atoms with Crippen molar-refractivity contribution in [2.75, 3.05) is 6.61 Å². The van der Waals surface area contributed by atoms with Gasteiger partial charge in [-0.1, -0.05) is 15.9 Å². The highest BCUT2D eigenvalue weighted by Crippen LogP contribution is 2.26. The standard InChI is InChI=1S/C11H11BrF2O3/c1-3-16-11(15)6(2)17-9-5-7(12)4-8(13)10(9)14/h4-6H,3H2,1-2H3. The lowest BCUT2D eigenvalue weighted by molar-refractivity contribution is -0.150. The van der Waals surface area contributed by atoms with Gasteiger partial charge in [-0.15, -0.1) is 0 Å². The van der Waals surface area contributed by atoms with Crippen molar-refractivity contribution in [3.8, 4) is 5.75 Å². The van der Waals surface area contributed by atoms with Crippen LogP contribution in [0.25, 0.3) is 0 Å². The van der Waals surface area contributed by atoms with Crippen molar-refractivity contribution >= 4 is 21.9 Å². The Morgan fingerprint density at radius 1 is 1.47 bits per heavy atom. The van der Waals surface area contributed by atoms with Crippen molar-refractivity contribution < 1.29 is 23.0 Å². The molecule has 1 atom stereocenters. The minimum Gasteiger partial charge on any atom is -0.476 e. The molecule has 1 aromatic carbocycles. The Morgan fingerprint density at radius 2 is 2.12 bits per heavy atom. The minimum absolute atomic E-state index is 0.196. The van der Waals surface area contributed by atoms with Gasteiger partial charge in [0.15, 0.2) is 17.7 Å². The minimum atomic E-state index is -1.13. The molecule has 0 heterocycles. The fourth-order valence-electron chi connectivity index (χ4n) is 1.12. The summed E-state index contributed by atoms with van der Waals surface area (Å²) in [6.07, 6.45) is -1.00. The molecule has 0 aliphatic rings. The van der Waals surface area contributed by atoms with Crippen molar-refractivity contribution in [3.05, 3.63) is 28.2 Å². The third-order valence-corrected chi connectivity index (χ3v) is 2.34. The normalized spacial score (nSPS) is 12.1. The van der Waals surface area contributed by atoms with E-state index in [4.69, 9.17) is 4.74 Å². The molecule has 0 aliphatic heterocycles. The summed E-state index contributed by atoms with van der Waals surface area (Å²) in [5.41, 5.74) is 0. The fraction of sp³-hybridized carbons (Fsp3) is 0.364. The van der Waals surface area contributed by atoms with Crippen molar-refractivity contribution in [2.45, 2.75) is 20.0 Å². The van der Waals surface area contributed by atoms with Gasteiger partial charge in [0, 0.05) is 4.47 Å². The number of benzene rings is 1. The summed E-state index contributed by atoms with van der Waals surface area (Å²) in [5.74, 6) is -3.15. The quantitative estimate of drug-likeness (QED) is 0.633. The first-order valence-corrected chi connectivity index (χ1v) is 5.72. The van der Waals surface area contributed by atoms with Crippen LogP contribution >= 0.6 is 15.9 Å². The molecule has 3 nitrogen and oxygen atoms in total. The molecule has 1 rings (SSSR count). The van der Waals surface area contributed by atoms with Crippen molar-refractivity contribution in [2.24, 2.45) is 0 Å². The molecule has 17 heavy (non-hydrogen) atoms. The van der Waals surface area contributed by atoms with Gasteiger partial charge in [-0.25, -0.2) is 9.18 Å². The van der Waals surface area contributed by atoms with Crippen LogP contribution in [0.5, 0.6) is 5.75 Å². The van der Waals surface area contributed by atoms with E-state index in [0.717, 1.165) is 6.07 Å². The Balaban J connectivity index is 2.84. The van der Waals surface area contributed by atoms with E-state index in [2.05, 4.69) is 20.7 Å². The molecular formula is C11H11BrF2O3. The van der Waals surface area contributed by atoms with Crippen LogP contribution < -0.4 is 4.74 Å². The lowest BCUT2D eigenvalue weighted by atomic mass is 10.3. The molecule has 0 saturated heterocycles. The first kappa shape index (κ1) is 13.9. The van der Waals surface area contributed by atoms with E-state index in [1.165, 1.54) is 13.0 Å². The van der Waals surface area contributed by atoms with Gasteiger partial charge in [0.05, 0.1) is 6.61 Å². The largest absolute Gasteiger partial charge is 0.476 e. The van der Waals surface area contributed by atoms with Gasteiger partial charge in [0.2, 0.25) is 5.82 Å². The SMILES string of the molecule is CCOC(=O)C(C)Oc1cc(Br)cc(F)c1F. The predicted molar refractivity (Wildman–Crippen MR) is 60.8 cm³/mol. The topological polar surface area (TPSA) is 35.5 Å². The van der Waals surface area contributed by atoms with Gasteiger partial charge >= 0.3 is 5.97 Å². The number of esters is 1. The van der Waals surface area contributed by atoms with Crippen LogP contribution in [0.1, 0.15) is 13.8 Å². The smallest absolute Gasteiger partial charge is 0.347 e. The molecule has 1 unspecified atom stereocenters. The van der Waals surface area contributed by atoms with E-state index >= 15 is 0 Å². The first-order chi connectivity index (χ1) is 7.95. The van der Waals surface area contributed by atoms with E-state index in [1.807, 2.05) is 0 Å². The molecule has 0 fully saturated rings. The van der Waals surface area contributed by atoms with Crippen LogP contribution in [-0.4, -0.2) is 18.7 Å². The first-order valence-electron chi connectivity index (χ1n) is 4.93. The molecule has 94 valence electrons. The maximum absolute atomic E-state index is 13.3.